The average Bonchev–Trinajstić information content (AvgIpc) is 2.52. The zero-order valence-corrected chi connectivity index (χ0v) is 20.9. The van der Waals surface area contributed by atoms with Gasteiger partial charge >= 0.3 is 0 Å². The number of aryl methyl sites for hydroxylation is 1. The lowest BCUT2D eigenvalue weighted by atomic mass is 10.1. The molecule has 1 aromatic rings. The third kappa shape index (κ3) is 9.59. The van der Waals surface area contributed by atoms with Crippen LogP contribution in [-0.2, 0) is 0 Å². The van der Waals surface area contributed by atoms with Gasteiger partial charge in [-0.2, -0.15) is 0 Å². The molecule has 0 amide bonds. The summed E-state index contributed by atoms with van der Waals surface area (Å²) in [5.74, 6) is 0.916. The van der Waals surface area contributed by atoms with Crippen molar-refractivity contribution in [1.29, 1.82) is 0 Å². The fourth-order valence-corrected chi connectivity index (χ4v) is 4.40. The van der Waals surface area contributed by atoms with E-state index in [1.54, 1.807) is 0 Å². The van der Waals surface area contributed by atoms with Crippen molar-refractivity contribution >= 4 is 63.7 Å². The predicted molar refractivity (Wildman–Crippen MR) is 120 cm³/mol. The van der Waals surface area contributed by atoms with Crippen molar-refractivity contribution < 1.29 is 4.74 Å². The first-order valence-corrected chi connectivity index (χ1v) is 12.2. The molecule has 0 saturated carbocycles. The molecule has 0 radical (unpaired) electrons. The largest absolute Gasteiger partial charge is 0.491 e. The lowest BCUT2D eigenvalue weighted by Gasteiger charge is -2.21. The Morgan fingerprint density at radius 2 is 1.62 bits per heavy atom. The minimum Gasteiger partial charge on any atom is -0.491 e. The zero-order chi connectivity index (χ0) is 18.0. The van der Waals surface area contributed by atoms with Crippen molar-refractivity contribution in [2.24, 2.45) is 0 Å². The molecule has 0 atom stereocenters. The van der Waals surface area contributed by atoms with Gasteiger partial charge in [-0.15, -0.1) is 0 Å². The van der Waals surface area contributed by atoms with Gasteiger partial charge in [0.15, 0.2) is 0 Å². The van der Waals surface area contributed by atoms with E-state index >= 15 is 0 Å². The monoisotopic (exact) mass is 588 g/mol. The van der Waals surface area contributed by atoms with E-state index in [2.05, 4.69) is 89.7 Å². The summed E-state index contributed by atoms with van der Waals surface area (Å²) in [7, 11) is 0. The second-order valence-corrected chi connectivity index (χ2v) is 13.5. The summed E-state index contributed by atoms with van der Waals surface area (Å²) < 4.78 is 6.02. The van der Waals surface area contributed by atoms with Gasteiger partial charge in [-0.25, -0.2) is 0 Å². The SMILES string of the molecule is CCCCCCCCCC(Br)(Br)COc1ccc(C(Br)Br)c(C)c1. The first-order valence-electron chi connectivity index (χ1n) is 8.75. The molecule has 0 fully saturated rings. The molecule has 0 bridgehead atoms. The molecule has 0 saturated heterocycles. The van der Waals surface area contributed by atoms with E-state index in [0.717, 1.165) is 12.2 Å². The van der Waals surface area contributed by atoms with Crippen LogP contribution in [0.4, 0.5) is 0 Å². The van der Waals surface area contributed by atoms with Gasteiger partial charge in [0.1, 0.15) is 15.6 Å². The molecule has 0 aliphatic carbocycles. The number of hydrogen-bond donors (Lipinski definition) is 0. The quantitative estimate of drug-likeness (QED) is 0.174. The summed E-state index contributed by atoms with van der Waals surface area (Å²) in [6, 6.07) is 6.22. The Morgan fingerprint density at radius 1 is 1.00 bits per heavy atom. The standard InChI is InChI=1S/C19H28Br4O/c1-3-4-5-6-7-8-9-12-19(22,23)14-24-16-10-11-17(18(20)21)15(2)13-16/h10-11,13,18H,3-9,12,14H2,1-2H3. The Labute approximate surface area is 181 Å². The molecular formula is C19H28Br4O. The molecule has 0 spiro atoms. The van der Waals surface area contributed by atoms with Crippen LogP contribution in [0, 0.1) is 6.92 Å². The third-order valence-corrected chi connectivity index (χ3v) is 6.31. The number of hydrogen-bond acceptors (Lipinski definition) is 1. The molecule has 5 heteroatoms. The lowest BCUT2D eigenvalue weighted by Crippen LogP contribution is -2.21. The first-order chi connectivity index (χ1) is 11.4. The van der Waals surface area contributed by atoms with Crippen LogP contribution >= 0.6 is 63.7 Å². The van der Waals surface area contributed by atoms with Crippen molar-refractivity contribution in [2.45, 2.75) is 72.2 Å². The summed E-state index contributed by atoms with van der Waals surface area (Å²) in [4.78, 5) is 0. The molecule has 138 valence electrons. The van der Waals surface area contributed by atoms with Gasteiger partial charge in [-0.05, 0) is 36.6 Å². The van der Waals surface area contributed by atoms with Crippen LogP contribution < -0.4 is 4.74 Å². The molecule has 1 rings (SSSR count). The van der Waals surface area contributed by atoms with Crippen LogP contribution in [0.5, 0.6) is 5.75 Å². The van der Waals surface area contributed by atoms with Gasteiger partial charge in [0, 0.05) is 0 Å². The van der Waals surface area contributed by atoms with Crippen molar-refractivity contribution in [3.63, 3.8) is 0 Å². The second-order valence-electron chi connectivity index (χ2n) is 6.34. The fraction of sp³-hybridized carbons (Fsp3) is 0.684. The maximum atomic E-state index is 5.97. The van der Waals surface area contributed by atoms with Crippen molar-refractivity contribution in [1.82, 2.24) is 0 Å². The Balaban J connectivity index is 2.30. The van der Waals surface area contributed by atoms with Crippen LogP contribution in [0.25, 0.3) is 0 Å². The Hall–Kier alpha value is 0.940. The van der Waals surface area contributed by atoms with Crippen molar-refractivity contribution in [2.75, 3.05) is 6.61 Å². The van der Waals surface area contributed by atoms with Crippen LogP contribution in [0.15, 0.2) is 18.2 Å². The molecular weight excluding hydrogens is 564 g/mol. The Bertz CT molecular complexity index is 474. The highest BCUT2D eigenvalue weighted by Gasteiger charge is 2.23. The fourth-order valence-electron chi connectivity index (χ4n) is 2.58. The number of benzene rings is 1. The maximum absolute atomic E-state index is 5.97. The van der Waals surface area contributed by atoms with Gasteiger partial charge in [-0.1, -0.05) is 122 Å². The smallest absolute Gasteiger partial charge is 0.119 e. The van der Waals surface area contributed by atoms with Gasteiger partial charge in [0.25, 0.3) is 0 Å². The van der Waals surface area contributed by atoms with E-state index in [4.69, 9.17) is 4.74 Å². The summed E-state index contributed by atoms with van der Waals surface area (Å²) in [5.41, 5.74) is 2.45. The van der Waals surface area contributed by atoms with Crippen molar-refractivity contribution in [3.8, 4) is 5.75 Å². The molecule has 0 unspecified atom stereocenters. The Morgan fingerprint density at radius 3 is 2.21 bits per heavy atom. The summed E-state index contributed by atoms with van der Waals surface area (Å²) in [6.07, 6.45) is 10.4. The molecule has 0 aliphatic rings. The van der Waals surface area contributed by atoms with Crippen LogP contribution in [0.3, 0.4) is 0 Å². The summed E-state index contributed by atoms with van der Waals surface area (Å²) >= 11 is 14.6. The van der Waals surface area contributed by atoms with Crippen LogP contribution in [0.2, 0.25) is 0 Å². The molecule has 0 heterocycles. The number of halogens is 4. The third-order valence-electron chi connectivity index (χ3n) is 4.07. The maximum Gasteiger partial charge on any atom is 0.119 e. The topological polar surface area (TPSA) is 9.23 Å². The number of unbranched alkanes of at least 4 members (excludes halogenated alkanes) is 6. The van der Waals surface area contributed by atoms with E-state index < -0.39 is 0 Å². The molecule has 0 aliphatic heterocycles. The van der Waals surface area contributed by atoms with Gasteiger partial charge in [-0.3, -0.25) is 0 Å². The second kappa shape index (κ2) is 12.3. The van der Waals surface area contributed by atoms with E-state index in [0.29, 0.717) is 6.61 Å². The van der Waals surface area contributed by atoms with E-state index in [1.165, 1.54) is 56.1 Å². The normalized spacial score (nSPS) is 12.0. The minimum absolute atomic E-state index is 0.136. The predicted octanol–water partition coefficient (Wildman–Crippen LogP) is 8.79. The van der Waals surface area contributed by atoms with Gasteiger partial charge in [0.2, 0.25) is 0 Å². The minimum atomic E-state index is -0.136. The highest BCUT2D eigenvalue weighted by molar-refractivity contribution is 9.25. The lowest BCUT2D eigenvalue weighted by molar-refractivity contribution is 0.303. The molecule has 1 nitrogen and oxygen atoms in total. The van der Waals surface area contributed by atoms with E-state index in [-0.39, 0.29) is 6.97 Å². The average molecular weight is 592 g/mol. The summed E-state index contributed by atoms with van der Waals surface area (Å²) in [6.45, 7) is 4.98. The highest BCUT2D eigenvalue weighted by atomic mass is 79.9. The number of ether oxygens (including phenoxy) is 1. The zero-order valence-electron chi connectivity index (χ0n) is 14.6. The Kier molecular flexibility index (Phi) is 11.8. The molecule has 0 N–H and O–H groups in total. The van der Waals surface area contributed by atoms with E-state index in [9.17, 15) is 0 Å². The van der Waals surface area contributed by atoms with Gasteiger partial charge < -0.3 is 4.74 Å². The molecule has 0 aromatic heterocycles. The van der Waals surface area contributed by atoms with Crippen LogP contribution in [0.1, 0.15) is 73.2 Å². The number of alkyl halides is 4. The van der Waals surface area contributed by atoms with E-state index in [1.807, 2.05) is 6.07 Å². The van der Waals surface area contributed by atoms with Gasteiger partial charge in [0.05, 0.1) is 3.74 Å². The first kappa shape index (κ1) is 23.0. The van der Waals surface area contributed by atoms with Crippen LogP contribution in [-0.4, -0.2) is 9.84 Å². The highest BCUT2D eigenvalue weighted by Crippen LogP contribution is 2.35. The summed E-state index contributed by atoms with van der Waals surface area (Å²) in [5, 5.41) is 0. The number of rotatable bonds is 12. The van der Waals surface area contributed by atoms with Crippen molar-refractivity contribution in [3.05, 3.63) is 29.3 Å². The molecule has 1 aromatic carbocycles. The molecule has 24 heavy (non-hydrogen) atoms.